The maximum atomic E-state index is 2.44. The molecule has 0 saturated carbocycles. The second-order valence-corrected chi connectivity index (χ2v) is 16.2. The van der Waals surface area contributed by atoms with Gasteiger partial charge in [0.1, 0.15) is 0 Å². The highest BCUT2D eigenvalue weighted by molar-refractivity contribution is 7.26. The second kappa shape index (κ2) is 13.1. The molecular weight excluding hydrogens is 703 g/mol. The van der Waals surface area contributed by atoms with Gasteiger partial charge in [0, 0.05) is 57.4 Å². The van der Waals surface area contributed by atoms with E-state index in [1.807, 2.05) is 22.7 Å². The molecule has 0 radical (unpaired) electrons. The first-order chi connectivity index (χ1) is 27.2. The Morgan fingerprint density at radius 2 is 0.891 bits per heavy atom. The lowest BCUT2D eigenvalue weighted by atomic mass is 9.96. The van der Waals surface area contributed by atoms with Gasteiger partial charge in [-0.3, -0.25) is 0 Å². The fourth-order valence-corrected chi connectivity index (χ4v) is 10.6. The van der Waals surface area contributed by atoms with E-state index in [1.54, 1.807) is 0 Å². The molecule has 55 heavy (non-hydrogen) atoms. The van der Waals surface area contributed by atoms with Crippen molar-refractivity contribution in [2.24, 2.45) is 0 Å². The third kappa shape index (κ3) is 5.51. The Kier molecular flexibility index (Phi) is 7.61. The van der Waals surface area contributed by atoms with Gasteiger partial charge in [-0.05, 0) is 105 Å². The van der Waals surface area contributed by atoms with Crippen LogP contribution in [-0.4, -0.2) is 0 Å². The van der Waals surface area contributed by atoms with Crippen LogP contribution in [0, 0.1) is 0 Å². The molecule has 0 N–H and O–H groups in total. The number of hydrogen-bond donors (Lipinski definition) is 0. The molecule has 0 fully saturated rings. The minimum atomic E-state index is 1.11. The van der Waals surface area contributed by atoms with E-state index < -0.39 is 0 Å². The maximum Gasteiger partial charge on any atom is 0.0473 e. The van der Waals surface area contributed by atoms with Crippen molar-refractivity contribution in [3.8, 4) is 33.4 Å². The van der Waals surface area contributed by atoms with Crippen LogP contribution in [-0.2, 0) is 0 Å². The van der Waals surface area contributed by atoms with Gasteiger partial charge in [0.2, 0.25) is 0 Å². The van der Waals surface area contributed by atoms with Gasteiger partial charge in [-0.2, -0.15) is 0 Å². The zero-order chi connectivity index (χ0) is 36.3. The van der Waals surface area contributed by atoms with Crippen LogP contribution in [0.15, 0.2) is 200 Å². The summed E-state index contributed by atoms with van der Waals surface area (Å²) in [6, 6.07) is 73.6. The highest BCUT2D eigenvalue weighted by Crippen LogP contribution is 2.46. The first-order valence-electron chi connectivity index (χ1n) is 18.7. The van der Waals surface area contributed by atoms with Gasteiger partial charge >= 0.3 is 0 Å². The third-order valence-corrected chi connectivity index (χ3v) is 13.2. The lowest BCUT2D eigenvalue weighted by Crippen LogP contribution is -2.10. The molecule has 11 rings (SSSR count). The average Bonchev–Trinajstić information content (AvgIpc) is 3.82. The van der Waals surface area contributed by atoms with Crippen molar-refractivity contribution < 1.29 is 0 Å². The summed E-state index contributed by atoms with van der Waals surface area (Å²) in [6.45, 7) is 0. The molecule has 0 atom stereocenters. The molecule has 0 unspecified atom stereocenters. The van der Waals surface area contributed by atoms with Crippen molar-refractivity contribution in [2.75, 3.05) is 4.90 Å². The molecule has 2 heterocycles. The first kappa shape index (κ1) is 32.0. The number of fused-ring (bicyclic) bond motifs is 7. The number of nitrogens with zero attached hydrogens (tertiary/aromatic N) is 1. The molecule has 9 aromatic carbocycles. The van der Waals surface area contributed by atoms with E-state index in [0.29, 0.717) is 0 Å². The minimum Gasteiger partial charge on any atom is -0.310 e. The molecule has 0 bridgehead atoms. The van der Waals surface area contributed by atoms with Crippen molar-refractivity contribution in [3.63, 3.8) is 0 Å². The van der Waals surface area contributed by atoms with Crippen molar-refractivity contribution in [1.29, 1.82) is 0 Å². The Hall–Kier alpha value is -6.52. The molecule has 0 spiro atoms. The van der Waals surface area contributed by atoms with E-state index >= 15 is 0 Å². The van der Waals surface area contributed by atoms with Crippen LogP contribution in [0.1, 0.15) is 0 Å². The van der Waals surface area contributed by atoms with Crippen LogP contribution in [0.25, 0.3) is 84.5 Å². The van der Waals surface area contributed by atoms with Crippen LogP contribution in [0.2, 0.25) is 0 Å². The van der Waals surface area contributed by atoms with E-state index in [2.05, 4.69) is 205 Å². The minimum absolute atomic E-state index is 1.11. The molecule has 0 amide bonds. The Morgan fingerprint density at radius 3 is 1.73 bits per heavy atom. The summed E-state index contributed by atoms with van der Waals surface area (Å²) in [7, 11) is 0. The van der Waals surface area contributed by atoms with Crippen LogP contribution < -0.4 is 4.90 Å². The average molecular weight is 736 g/mol. The number of thiophene rings is 2. The molecule has 11 aromatic rings. The van der Waals surface area contributed by atoms with Gasteiger partial charge < -0.3 is 4.90 Å². The van der Waals surface area contributed by atoms with Crippen LogP contribution in [0.5, 0.6) is 0 Å². The van der Waals surface area contributed by atoms with Crippen LogP contribution in [0.4, 0.5) is 17.1 Å². The van der Waals surface area contributed by atoms with E-state index in [-0.39, 0.29) is 0 Å². The molecule has 3 heteroatoms. The molecule has 258 valence electrons. The summed E-state index contributed by atoms with van der Waals surface area (Å²) in [6.07, 6.45) is 0. The van der Waals surface area contributed by atoms with Gasteiger partial charge in [0.25, 0.3) is 0 Å². The summed E-state index contributed by atoms with van der Waals surface area (Å²) in [5.41, 5.74) is 10.6. The smallest absolute Gasteiger partial charge is 0.0473 e. The molecule has 2 aromatic heterocycles. The molecule has 0 aliphatic heterocycles. The lowest BCUT2D eigenvalue weighted by molar-refractivity contribution is 1.29. The second-order valence-electron chi connectivity index (χ2n) is 14.1. The lowest BCUT2D eigenvalue weighted by Gasteiger charge is -2.27. The largest absolute Gasteiger partial charge is 0.310 e. The van der Waals surface area contributed by atoms with Gasteiger partial charge in [-0.15, -0.1) is 22.7 Å². The van der Waals surface area contributed by atoms with Crippen molar-refractivity contribution in [3.05, 3.63) is 200 Å². The SMILES string of the molecule is c1ccc(-c2cc(-c3cccc4c3sc3ccccc34)cc(N(c3ccc(-c4cccc5ccccc45)cc3)c3ccc4sc5ccccc5c4c3)c2)cc1. The zero-order valence-corrected chi connectivity index (χ0v) is 31.4. The summed E-state index contributed by atoms with van der Waals surface area (Å²) in [5, 5.41) is 7.71. The number of benzene rings is 9. The zero-order valence-electron chi connectivity index (χ0n) is 29.8. The molecule has 1 nitrogen and oxygen atoms in total. The van der Waals surface area contributed by atoms with Crippen LogP contribution in [0.3, 0.4) is 0 Å². The summed E-state index contributed by atoms with van der Waals surface area (Å²) >= 11 is 3.74. The van der Waals surface area contributed by atoms with Crippen molar-refractivity contribution in [2.45, 2.75) is 0 Å². The van der Waals surface area contributed by atoms with Gasteiger partial charge in [-0.25, -0.2) is 0 Å². The summed E-state index contributed by atoms with van der Waals surface area (Å²) in [5.74, 6) is 0. The van der Waals surface area contributed by atoms with Crippen LogP contribution >= 0.6 is 22.7 Å². The maximum absolute atomic E-state index is 2.44. The van der Waals surface area contributed by atoms with E-state index in [4.69, 9.17) is 0 Å². The number of rotatable bonds is 6. The van der Waals surface area contributed by atoms with Gasteiger partial charge in [0.15, 0.2) is 0 Å². The van der Waals surface area contributed by atoms with Crippen molar-refractivity contribution >= 4 is 90.9 Å². The monoisotopic (exact) mass is 735 g/mol. The normalized spacial score (nSPS) is 11.6. The highest BCUT2D eigenvalue weighted by atomic mass is 32.1. The Morgan fingerprint density at radius 1 is 0.291 bits per heavy atom. The van der Waals surface area contributed by atoms with Gasteiger partial charge in [0.05, 0.1) is 0 Å². The van der Waals surface area contributed by atoms with E-state index in [9.17, 15) is 0 Å². The summed E-state index contributed by atoms with van der Waals surface area (Å²) < 4.78 is 5.24. The predicted molar refractivity (Wildman–Crippen MR) is 241 cm³/mol. The highest BCUT2D eigenvalue weighted by Gasteiger charge is 2.19. The molecule has 0 saturated heterocycles. The number of hydrogen-bond acceptors (Lipinski definition) is 3. The quantitative estimate of drug-likeness (QED) is 0.164. The fourth-order valence-electron chi connectivity index (χ4n) is 8.24. The Balaban J connectivity index is 1.15. The molecule has 0 aliphatic carbocycles. The predicted octanol–water partition coefficient (Wildman–Crippen LogP) is 16.0. The first-order valence-corrected chi connectivity index (χ1v) is 20.3. The summed E-state index contributed by atoms with van der Waals surface area (Å²) in [4.78, 5) is 2.44. The molecular formula is C52H33NS2. The Labute approximate surface area is 327 Å². The standard InChI is InChI=1S/C52H33NS2/c1-2-12-34(13-3-1)37-30-38(44-20-11-21-47-45-17-6-9-23-50(45)55-52(44)47)32-41(31-37)53(40-28-29-51-48(33-40)46-18-7-8-22-49(46)54-51)39-26-24-36(25-27-39)43-19-10-15-35-14-4-5-16-42(35)43/h1-33H. The Bertz CT molecular complexity index is 3200. The number of anilines is 3. The van der Waals surface area contributed by atoms with Crippen molar-refractivity contribution in [1.82, 2.24) is 0 Å². The molecule has 0 aliphatic rings. The third-order valence-electron chi connectivity index (χ3n) is 10.8. The van der Waals surface area contributed by atoms with E-state index in [1.165, 1.54) is 84.5 Å². The fraction of sp³-hybridized carbons (Fsp3) is 0. The van der Waals surface area contributed by atoms with Gasteiger partial charge in [-0.1, -0.05) is 140 Å². The van der Waals surface area contributed by atoms with E-state index in [0.717, 1.165) is 17.1 Å². The topological polar surface area (TPSA) is 3.24 Å².